The lowest BCUT2D eigenvalue weighted by Crippen LogP contribution is -2.46. The van der Waals surface area contributed by atoms with Gasteiger partial charge in [-0.1, -0.05) is 20.3 Å². The molecule has 1 aliphatic heterocycles. The Morgan fingerprint density at radius 3 is 2.52 bits per heavy atom. The van der Waals surface area contributed by atoms with Crippen LogP contribution in [0.25, 0.3) is 0 Å². The Balaban J connectivity index is 1.72. The molecule has 2 N–H and O–H groups in total. The number of hydrogen-bond donors (Lipinski definition) is 2. The van der Waals surface area contributed by atoms with Crippen LogP contribution in [0.2, 0.25) is 0 Å². The molecule has 1 heterocycles. The van der Waals surface area contributed by atoms with E-state index in [-0.39, 0.29) is 6.61 Å². The molecule has 0 spiro atoms. The Bertz CT molecular complexity index is 289. The quantitative estimate of drug-likeness (QED) is 0.648. The molecule has 0 aromatic rings. The molecule has 1 saturated heterocycles. The van der Waals surface area contributed by atoms with E-state index in [1.54, 1.807) is 0 Å². The first-order valence-corrected chi connectivity index (χ1v) is 8.83. The second-order valence-corrected chi connectivity index (χ2v) is 7.29. The van der Waals surface area contributed by atoms with E-state index in [9.17, 15) is 0 Å². The third kappa shape index (κ3) is 6.23. The monoisotopic (exact) mass is 298 g/mol. The van der Waals surface area contributed by atoms with E-state index in [0.717, 1.165) is 38.5 Å². The van der Waals surface area contributed by atoms with Crippen LogP contribution >= 0.6 is 0 Å². The van der Waals surface area contributed by atoms with Gasteiger partial charge < -0.3 is 20.1 Å². The van der Waals surface area contributed by atoms with Crippen LogP contribution in [0.4, 0.5) is 0 Å². The molecule has 4 nitrogen and oxygen atoms in total. The van der Waals surface area contributed by atoms with E-state index in [1.807, 2.05) is 0 Å². The molecule has 1 atom stereocenters. The minimum absolute atomic E-state index is 0.140. The predicted molar refractivity (Wildman–Crippen MR) is 86.5 cm³/mol. The van der Waals surface area contributed by atoms with Gasteiger partial charge in [0, 0.05) is 32.2 Å². The van der Waals surface area contributed by atoms with Gasteiger partial charge in [0.1, 0.15) is 0 Å². The molecule has 124 valence electrons. The van der Waals surface area contributed by atoms with Crippen LogP contribution in [0.15, 0.2) is 0 Å². The summed E-state index contributed by atoms with van der Waals surface area (Å²) >= 11 is 0. The van der Waals surface area contributed by atoms with Crippen LogP contribution in [0.1, 0.15) is 52.4 Å². The van der Waals surface area contributed by atoms with Crippen molar-refractivity contribution < 1.29 is 9.84 Å². The molecule has 0 aromatic carbocycles. The van der Waals surface area contributed by atoms with Crippen molar-refractivity contribution >= 4 is 0 Å². The second-order valence-electron chi connectivity index (χ2n) is 7.29. The Hall–Kier alpha value is -0.160. The third-order valence-corrected chi connectivity index (χ3v) is 4.83. The van der Waals surface area contributed by atoms with E-state index in [1.165, 1.54) is 32.2 Å². The molecular weight excluding hydrogens is 264 g/mol. The summed E-state index contributed by atoms with van der Waals surface area (Å²) < 4.78 is 5.66. The lowest BCUT2D eigenvalue weighted by molar-refractivity contribution is -0.0144. The van der Waals surface area contributed by atoms with Gasteiger partial charge in [-0.2, -0.15) is 0 Å². The van der Waals surface area contributed by atoms with E-state index >= 15 is 0 Å². The van der Waals surface area contributed by atoms with Crippen LogP contribution in [-0.2, 0) is 4.74 Å². The molecule has 1 aliphatic carbocycles. The summed E-state index contributed by atoms with van der Waals surface area (Å²) in [6.07, 6.45) is 7.88. The van der Waals surface area contributed by atoms with Crippen molar-refractivity contribution in [3.8, 4) is 0 Å². The fraction of sp³-hybridized carbons (Fsp3) is 1.00. The van der Waals surface area contributed by atoms with E-state index in [4.69, 9.17) is 9.84 Å². The molecule has 21 heavy (non-hydrogen) atoms. The normalized spacial score (nSPS) is 24.1. The van der Waals surface area contributed by atoms with Gasteiger partial charge in [-0.3, -0.25) is 0 Å². The molecule has 0 bridgehead atoms. The average Bonchev–Trinajstić information content (AvgIpc) is 3.29. The lowest BCUT2D eigenvalue weighted by atomic mass is 9.84. The van der Waals surface area contributed by atoms with Crippen LogP contribution in [-0.4, -0.2) is 61.5 Å². The van der Waals surface area contributed by atoms with Crippen molar-refractivity contribution in [1.29, 1.82) is 0 Å². The number of ether oxygens (including phenoxy) is 1. The number of rotatable bonds is 10. The fourth-order valence-corrected chi connectivity index (χ4v) is 3.50. The fourth-order valence-electron chi connectivity index (χ4n) is 3.50. The molecule has 1 unspecified atom stereocenters. The van der Waals surface area contributed by atoms with Crippen molar-refractivity contribution in [2.75, 3.05) is 39.4 Å². The first-order valence-electron chi connectivity index (χ1n) is 8.83. The maximum Gasteiger partial charge on any atom is 0.0701 e. The summed E-state index contributed by atoms with van der Waals surface area (Å²) in [6.45, 7) is 10.0. The number of piperidine rings is 1. The van der Waals surface area contributed by atoms with Gasteiger partial charge in [0.25, 0.3) is 0 Å². The van der Waals surface area contributed by atoms with Gasteiger partial charge in [0.15, 0.2) is 0 Å². The molecule has 0 aromatic heterocycles. The summed E-state index contributed by atoms with van der Waals surface area (Å²) in [5.41, 5.74) is 0.399. The van der Waals surface area contributed by atoms with Crippen LogP contribution in [0.3, 0.4) is 0 Å². The van der Waals surface area contributed by atoms with Gasteiger partial charge in [-0.25, -0.2) is 0 Å². The maximum atomic E-state index is 8.83. The van der Waals surface area contributed by atoms with Crippen molar-refractivity contribution in [2.45, 2.75) is 64.5 Å². The topological polar surface area (TPSA) is 44.7 Å². The number of hydrogen-bond acceptors (Lipinski definition) is 4. The minimum atomic E-state index is 0.140. The predicted octanol–water partition coefficient (Wildman–Crippen LogP) is 2.02. The SMILES string of the molecule is CCCC(C)(CNC1CC1)CN1CCC(OCCO)CC1. The summed E-state index contributed by atoms with van der Waals surface area (Å²) in [5, 5.41) is 12.6. The standard InChI is InChI=1S/C17H34N2O2/c1-3-8-17(2,13-18-15-4-5-15)14-19-9-6-16(7-10-19)21-12-11-20/h15-16,18,20H,3-14H2,1-2H3. The Morgan fingerprint density at radius 1 is 1.24 bits per heavy atom. The molecular formula is C17H34N2O2. The zero-order chi connectivity index (χ0) is 15.1. The molecule has 2 fully saturated rings. The van der Waals surface area contributed by atoms with Crippen molar-refractivity contribution in [2.24, 2.45) is 5.41 Å². The number of likely N-dealkylation sites (tertiary alicyclic amines) is 1. The smallest absolute Gasteiger partial charge is 0.0701 e. The van der Waals surface area contributed by atoms with E-state index in [2.05, 4.69) is 24.1 Å². The van der Waals surface area contributed by atoms with Gasteiger partial charge >= 0.3 is 0 Å². The summed E-state index contributed by atoms with van der Waals surface area (Å²) in [7, 11) is 0. The zero-order valence-corrected chi connectivity index (χ0v) is 13.9. The largest absolute Gasteiger partial charge is 0.394 e. The molecule has 2 rings (SSSR count). The maximum absolute atomic E-state index is 8.83. The highest BCUT2D eigenvalue weighted by atomic mass is 16.5. The minimum Gasteiger partial charge on any atom is -0.394 e. The van der Waals surface area contributed by atoms with Gasteiger partial charge in [0.05, 0.1) is 19.3 Å². The third-order valence-electron chi connectivity index (χ3n) is 4.83. The number of nitrogens with zero attached hydrogens (tertiary/aromatic N) is 1. The lowest BCUT2D eigenvalue weighted by Gasteiger charge is -2.39. The molecule has 1 saturated carbocycles. The average molecular weight is 298 g/mol. The van der Waals surface area contributed by atoms with Crippen LogP contribution < -0.4 is 5.32 Å². The van der Waals surface area contributed by atoms with Crippen molar-refractivity contribution in [3.05, 3.63) is 0 Å². The number of aliphatic hydroxyl groups excluding tert-OH is 1. The van der Waals surface area contributed by atoms with Gasteiger partial charge in [-0.15, -0.1) is 0 Å². The summed E-state index contributed by atoms with van der Waals surface area (Å²) in [4.78, 5) is 2.61. The highest BCUT2D eigenvalue weighted by molar-refractivity contribution is 4.88. The second kappa shape index (κ2) is 8.47. The molecule has 0 amide bonds. The first kappa shape index (κ1) is 17.2. The summed E-state index contributed by atoms with van der Waals surface area (Å²) in [5.74, 6) is 0. The van der Waals surface area contributed by atoms with Crippen molar-refractivity contribution in [3.63, 3.8) is 0 Å². The van der Waals surface area contributed by atoms with Crippen LogP contribution in [0.5, 0.6) is 0 Å². The summed E-state index contributed by atoms with van der Waals surface area (Å²) in [6, 6.07) is 0.804. The molecule has 4 heteroatoms. The first-order chi connectivity index (χ1) is 10.1. The van der Waals surface area contributed by atoms with Crippen LogP contribution in [0, 0.1) is 5.41 Å². The number of nitrogens with one attached hydrogen (secondary N) is 1. The zero-order valence-electron chi connectivity index (χ0n) is 13.9. The van der Waals surface area contributed by atoms with Gasteiger partial charge in [-0.05, 0) is 37.5 Å². The molecule has 2 aliphatic rings. The highest BCUT2D eigenvalue weighted by Crippen LogP contribution is 2.28. The Morgan fingerprint density at radius 2 is 1.95 bits per heavy atom. The Kier molecular flexibility index (Phi) is 6.93. The molecule has 0 radical (unpaired) electrons. The Labute approximate surface area is 130 Å². The highest BCUT2D eigenvalue weighted by Gasteiger charge is 2.31. The van der Waals surface area contributed by atoms with Gasteiger partial charge in [0.2, 0.25) is 0 Å². The van der Waals surface area contributed by atoms with E-state index in [0.29, 0.717) is 18.1 Å². The van der Waals surface area contributed by atoms with Crippen molar-refractivity contribution in [1.82, 2.24) is 10.2 Å². The number of aliphatic hydroxyl groups is 1. The van der Waals surface area contributed by atoms with E-state index < -0.39 is 0 Å².